The van der Waals surface area contributed by atoms with Crippen molar-refractivity contribution < 1.29 is 17.9 Å². The molecule has 0 aliphatic heterocycles. The predicted molar refractivity (Wildman–Crippen MR) is 105 cm³/mol. The smallest absolute Gasteiger partial charge is 0.258 e. The van der Waals surface area contributed by atoms with Crippen molar-refractivity contribution in [2.24, 2.45) is 0 Å². The Balaban J connectivity index is 1.97. The SMILES string of the molecule is CC(C)NS(=O)(=O)c1ccc(OCC(=O)N[C@@H](C)c2ccccc2)c(Cl)c1. The Hall–Kier alpha value is -2.09. The fourth-order valence-electron chi connectivity index (χ4n) is 2.40. The summed E-state index contributed by atoms with van der Waals surface area (Å²) in [5, 5.41) is 2.95. The first-order chi connectivity index (χ1) is 12.7. The van der Waals surface area contributed by atoms with E-state index in [4.69, 9.17) is 16.3 Å². The fourth-order valence-corrected chi connectivity index (χ4v) is 3.97. The van der Waals surface area contributed by atoms with Crippen molar-refractivity contribution in [2.75, 3.05) is 6.61 Å². The minimum Gasteiger partial charge on any atom is -0.482 e. The van der Waals surface area contributed by atoms with Gasteiger partial charge in [-0.1, -0.05) is 41.9 Å². The largest absolute Gasteiger partial charge is 0.482 e. The molecule has 2 aromatic carbocycles. The van der Waals surface area contributed by atoms with Crippen LogP contribution in [0.2, 0.25) is 5.02 Å². The highest BCUT2D eigenvalue weighted by Gasteiger charge is 2.18. The summed E-state index contributed by atoms with van der Waals surface area (Å²) in [4.78, 5) is 12.1. The molecule has 1 amide bonds. The minimum atomic E-state index is -3.65. The summed E-state index contributed by atoms with van der Waals surface area (Å²) >= 11 is 6.11. The molecule has 0 aliphatic carbocycles. The number of ether oxygens (including phenoxy) is 1. The van der Waals surface area contributed by atoms with Crippen molar-refractivity contribution in [2.45, 2.75) is 37.8 Å². The van der Waals surface area contributed by atoms with Crippen LogP contribution < -0.4 is 14.8 Å². The van der Waals surface area contributed by atoms with Crippen molar-refractivity contribution >= 4 is 27.5 Å². The Morgan fingerprint density at radius 2 is 1.78 bits per heavy atom. The molecule has 8 heteroatoms. The molecule has 0 radical (unpaired) electrons. The van der Waals surface area contributed by atoms with Crippen LogP contribution in [0.15, 0.2) is 53.4 Å². The summed E-state index contributed by atoms with van der Waals surface area (Å²) in [6.45, 7) is 5.10. The molecule has 0 spiro atoms. The Bertz CT molecular complexity index is 886. The van der Waals surface area contributed by atoms with Crippen LogP contribution in [0, 0.1) is 0 Å². The number of halogens is 1. The molecule has 0 bridgehead atoms. The monoisotopic (exact) mass is 410 g/mol. The molecule has 6 nitrogen and oxygen atoms in total. The van der Waals surface area contributed by atoms with Crippen LogP contribution in [0.1, 0.15) is 32.4 Å². The molecule has 0 heterocycles. The zero-order valence-electron chi connectivity index (χ0n) is 15.4. The van der Waals surface area contributed by atoms with Crippen LogP contribution in [0.3, 0.4) is 0 Å². The van der Waals surface area contributed by atoms with Crippen LogP contribution in [-0.4, -0.2) is 27.0 Å². The van der Waals surface area contributed by atoms with Crippen LogP contribution in [-0.2, 0) is 14.8 Å². The summed E-state index contributed by atoms with van der Waals surface area (Å²) in [5.74, 6) is -0.0664. The number of benzene rings is 2. The molecule has 27 heavy (non-hydrogen) atoms. The summed E-state index contributed by atoms with van der Waals surface area (Å²) < 4.78 is 32.2. The molecule has 1 atom stereocenters. The van der Waals surface area contributed by atoms with Crippen molar-refractivity contribution in [3.63, 3.8) is 0 Å². The van der Waals surface area contributed by atoms with Gasteiger partial charge in [-0.25, -0.2) is 13.1 Å². The second-order valence-corrected chi connectivity index (χ2v) is 8.48. The molecular weight excluding hydrogens is 388 g/mol. The lowest BCUT2D eigenvalue weighted by atomic mass is 10.1. The molecule has 2 N–H and O–H groups in total. The number of nitrogens with one attached hydrogen (secondary N) is 2. The van der Waals surface area contributed by atoms with Gasteiger partial charge >= 0.3 is 0 Å². The van der Waals surface area contributed by atoms with Gasteiger partial charge in [-0.15, -0.1) is 0 Å². The van der Waals surface area contributed by atoms with E-state index in [1.54, 1.807) is 13.8 Å². The maximum Gasteiger partial charge on any atom is 0.258 e. The van der Waals surface area contributed by atoms with Gasteiger partial charge in [0.05, 0.1) is 16.0 Å². The van der Waals surface area contributed by atoms with E-state index in [1.807, 2.05) is 37.3 Å². The molecule has 146 valence electrons. The van der Waals surface area contributed by atoms with E-state index in [2.05, 4.69) is 10.0 Å². The van der Waals surface area contributed by atoms with Crippen molar-refractivity contribution in [3.05, 3.63) is 59.1 Å². The van der Waals surface area contributed by atoms with Gasteiger partial charge < -0.3 is 10.1 Å². The van der Waals surface area contributed by atoms with Crippen molar-refractivity contribution in [1.29, 1.82) is 0 Å². The van der Waals surface area contributed by atoms with Gasteiger partial charge in [0.2, 0.25) is 10.0 Å². The first kappa shape index (κ1) is 21.2. The Labute approximate surface area is 164 Å². The lowest BCUT2D eigenvalue weighted by Gasteiger charge is -2.15. The van der Waals surface area contributed by atoms with E-state index in [9.17, 15) is 13.2 Å². The second-order valence-electron chi connectivity index (χ2n) is 6.36. The zero-order valence-corrected chi connectivity index (χ0v) is 17.0. The van der Waals surface area contributed by atoms with Crippen LogP contribution in [0.4, 0.5) is 0 Å². The third-order valence-electron chi connectivity index (χ3n) is 3.64. The fraction of sp³-hybridized carbons (Fsp3) is 0.316. The molecule has 2 aromatic rings. The number of carbonyl (C=O) groups is 1. The van der Waals surface area contributed by atoms with Gasteiger partial charge in [-0.05, 0) is 44.5 Å². The number of sulfonamides is 1. The molecule has 0 saturated carbocycles. The second kappa shape index (κ2) is 9.21. The molecule has 2 rings (SSSR count). The highest BCUT2D eigenvalue weighted by molar-refractivity contribution is 7.89. The van der Waals surface area contributed by atoms with E-state index < -0.39 is 10.0 Å². The third kappa shape index (κ3) is 6.23. The summed E-state index contributed by atoms with van der Waals surface area (Å²) in [5.41, 5.74) is 0.982. The highest BCUT2D eigenvalue weighted by atomic mass is 35.5. The number of carbonyl (C=O) groups excluding carboxylic acids is 1. The van der Waals surface area contributed by atoms with Gasteiger partial charge in [-0.3, -0.25) is 4.79 Å². The van der Waals surface area contributed by atoms with Gasteiger partial charge in [0, 0.05) is 6.04 Å². The number of amides is 1. The first-order valence-electron chi connectivity index (χ1n) is 8.48. The van der Waals surface area contributed by atoms with E-state index >= 15 is 0 Å². The highest BCUT2D eigenvalue weighted by Crippen LogP contribution is 2.27. The molecular formula is C19H23ClN2O4S. The average Bonchev–Trinajstić information content (AvgIpc) is 2.60. The van der Waals surface area contributed by atoms with Crippen LogP contribution >= 0.6 is 11.6 Å². The van der Waals surface area contributed by atoms with Crippen molar-refractivity contribution in [3.8, 4) is 5.75 Å². The predicted octanol–water partition coefficient (Wildman–Crippen LogP) is 3.28. The normalized spacial score (nSPS) is 12.6. The van der Waals surface area contributed by atoms with E-state index in [0.717, 1.165) is 5.56 Å². The molecule has 0 unspecified atom stereocenters. The number of hydrogen-bond acceptors (Lipinski definition) is 4. The quantitative estimate of drug-likeness (QED) is 0.699. The topological polar surface area (TPSA) is 84.5 Å². The number of hydrogen-bond donors (Lipinski definition) is 2. The summed E-state index contributed by atoms with van der Waals surface area (Å²) in [6.07, 6.45) is 0. The van der Waals surface area contributed by atoms with E-state index in [-0.39, 0.29) is 40.3 Å². The Morgan fingerprint density at radius 1 is 1.11 bits per heavy atom. The van der Waals surface area contributed by atoms with Gasteiger partial charge in [0.1, 0.15) is 5.75 Å². The summed E-state index contributed by atoms with van der Waals surface area (Å²) in [6, 6.07) is 13.3. The van der Waals surface area contributed by atoms with E-state index in [0.29, 0.717) is 0 Å². The molecule has 0 aromatic heterocycles. The van der Waals surface area contributed by atoms with Gasteiger partial charge in [0.25, 0.3) is 5.91 Å². The minimum absolute atomic E-state index is 0.0377. The Kier molecular flexibility index (Phi) is 7.24. The third-order valence-corrected chi connectivity index (χ3v) is 5.59. The van der Waals surface area contributed by atoms with Gasteiger partial charge in [0.15, 0.2) is 6.61 Å². The standard InChI is InChI=1S/C19H23ClN2O4S/c1-13(2)22-27(24,25)16-9-10-18(17(20)11-16)26-12-19(23)21-14(3)15-7-5-4-6-8-15/h4-11,13-14,22H,12H2,1-3H3,(H,21,23)/t14-/m0/s1. The first-order valence-corrected chi connectivity index (χ1v) is 10.3. The lowest BCUT2D eigenvalue weighted by molar-refractivity contribution is -0.123. The average molecular weight is 411 g/mol. The lowest BCUT2D eigenvalue weighted by Crippen LogP contribution is -2.31. The van der Waals surface area contributed by atoms with Crippen LogP contribution in [0.25, 0.3) is 0 Å². The van der Waals surface area contributed by atoms with Crippen molar-refractivity contribution in [1.82, 2.24) is 10.0 Å². The number of rotatable bonds is 8. The summed E-state index contributed by atoms with van der Waals surface area (Å²) in [7, 11) is -3.65. The maximum atomic E-state index is 12.2. The Morgan fingerprint density at radius 3 is 2.37 bits per heavy atom. The molecule has 0 aliphatic rings. The maximum absolute atomic E-state index is 12.2. The van der Waals surface area contributed by atoms with E-state index in [1.165, 1.54) is 18.2 Å². The molecule has 0 saturated heterocycles. The zero-order chi connectivity index (χ0) is 20.0. The van der Waals surface area contributed by atoms with Gasteiger partial charge in [-0.2, -0.15) is 0 Å². The molecule has 0 fully saturated rings. The van der Waals surface area contributed by atoms with Crippen LogP contribution in [0.5, 0.6) is 5.75 Å².